The lowest BCUT2D eigenvalue weighted by molar-refractivity contribution is -0.140. The predicted octanol–water partition coefficient (Wildman–Crippen LogP) is 2.64. The lowest BCUT2D eigenvalue weighted by atomic mass is 10.1. The van der Waals surface area contributed by atoms with Crippen LogP contribution < -0.4 is 5.32 Å². The topological polar surface area (TPSA) is 75.6 Å². The first-order valence-corrected chi connectivity index (χ1v) is 6.53. The second-order valence-corrected chi connectivity index (χ2v) is 5.21. The highest BCUT2D eigenvalue weighted by atomic mass is 16.5. The highest BCUT2D eigenvalue weighted by Gasteiger charge is 2.24. The molecule has 0 spiro atoms. The number of carbonyl (C=O) groups is 2. The van der Waals surface area contributed by atoms with Gasteiger partial charge in [-0.05, 0) is 30.9 Å². The van der Waals surface area contributed by atoms with Gasteiger partial charge in [-0.2, -0.15) is 0 Å². The molecule has 0 aliphatic rings. The molecule has 20 heavy (non-hydrogen) atoms. The molecular weight excluding hydrogens is 258 g/mol. The number of benzene rings is 1. The molecule has 0 aliphatic heterocycles. The monoisotopic (exact) mass is 279 g/mol. The van der Waals surface area contributed by atoms with Gasteiger partial charge in [0.25, 0.3) is 0 Å². The van der Waals surface area contributed by atoms with E-state index in [0.29, 0.717) is 0 Å². The van der Waals surface area contributed by atoms with E-state index in [4.69, 9.17) is 9.84 Å². The lowest BCUT2D eigenvalue weighted by Crippen LogP contribution is -2.44. The molecule has 0 unspecified atom stereocenters. The van der Waals surface area contributed by atoms with Crippen molar-refractivity contribution in [1.29, 1.82) is 0 Å². The number of nitrogens with one attached hydrogen (secondary N) is 1. The molecule has 1 atom stereocenters. The van der Waals surface area contributed by atoms with Crippen LogP contribution in [0.3, 0.4) is 0 Å². The second-order valence-electron chi connectivity index (χ2n) is 5.21. The summed E-state index contributed by atoms with van der Waals surface area (Å²) in [5.41, 5.74) is 3.03. The fourth-order valence-corrected chi connectivity index (χ4v) is 1.78. The van der Waals surface area contributed by atoms with Crippen molar-refractivity contribution in [2.24, 2.45) is 5.92 Å². The van der Waals surface area contributed by atoms with Gasteiger partial charge in [0, 0.05) is 0 Å². The maximum atomic E-state index is 11.6. The lowest BCUT2D eigenvalue weighted by Gasteiger charge is -2.18. The van der Waals surface area contributed by atoms with E-state index in [0.717, 1.165) is 16.7 Å². The van der Waals surface area contributed by atoms with Gasteiger partial charge in [0.2, 0.25) is 0 Å². The number of aryl methyl sites for hydroxylation is 2. The average Bonchev–Trinajstić information content (AvgIpc) is 2.36. The summed E-state index contributed by atoms with van der Waals surface area (Å²) >= 11 is 0. The summed E-state index contributed by atoms with van der Waals surface area (Å²) in [7, 11) is 0. The Kier molecular flexibility index (Phi) is 5.55. The summed E-state index contributed by atoms with van der Waals surface area (Å²) in [6.45, 7) is 7.48. The second kappa shape index (κ2) is 6.93. The zero-order valence-electron chi connectivity index (χ0n) is 12.3. The summed E-state index contributed by atoms with van der Waals surface area (Å²) in [4.78, 5) is 22.6. The maximum absolute atomic E-state index is 11.6. The minimum absolute atomic E-state index is 0.129. The van der Waals surface area contributed by atoms with Crippen LogP contribution in [0, 0.1) is 19.8 Å². The van der Waals surface area contributed by atoms with Gasteiger partial charge in [0.1, 0.15) is 12.6 Å². The van der Waals surface area contributed by atoms with Gasteiger partial charge in [0.15, 0.2) is 0 Å². The summed E-state index contributed by atoms with van der Waals surface area (Å²) < 4.78 is 5.08. The predicted molar refractivity (Wildman–Crippen MR) is 75.5 cm³/mol. The average molecular weight is 279 g/mol. The van der Waals surface area contributed by atoms with Gasteiger partial charge in [-0.3, -0.25) is 0 Å². The standard InChI is InChI=1S/C15H21NO4/c1-9(2)13(14(17)18)16-15(19)20-8-12-7-10(3)5-6-11(12)4/h5-7,9,13H,8H2,1-4H3,(H,16,19)(H,17,18)/t13-/m0/s1. The number of ether oxygens (including phenoxy) is 1. The normalized spacial score (nSPS) is 12.1. The van der Waals surface area contributed by atoms with Gasteiger partial charge in [-0.15, -0.1) is 0 Å². The number of carboxylic acid groups (broad SMARTS) is 1. The fourth-order valence-electron chi connectivity index (χ4n) is 1.78. The smallest absolute Gasteiger partial charge is 0.408 e. The van der Waals surface area contributed by atoms with Gasteiger partial charge in [0.05, 0.1) is 0 Å². The van der Waals surface area contributed by atoms with E-state index < -0.39 is 18.1 Å². The third-order valence-corrected chi connectivity index (χ3v) is 3.07. The first kappa shape index (κ1) is 16.0. The van der Waals surface area contributed by atoms with Crippen molar-refractivity contribution in [3.8, 4) is 0 Å². The number of aliphatic carboxylic acids is 1. The van der Waals surface area contributed by atoms with Crippen LogP contribution in [0.1, 0.15) is 30.5 Å². The Bertz CT molecular complexity index is 497. The van der Waals surface area contributed by atoms with Crippen LogP contribution in [0.15, 0.2) is 18.2 Å². The molecule has 1 aromatic carbocycles. The van der Waals surface area contributed by atoms with Gasteiger partial charge < -0.3 is 15.2 Å². The van der Waals surface area contributed by atoms with Crippen LogP contribution in [0.5, 0.6) is 0 Å². The molecule has 0 bridgehead atoms. The Hall–Kier alpha value is -2.04. The molecule has 0 aliphatic carbocycles. The van der Waals surface area contributed by atoms with Crippen molar-refractivity contribution in [2.75, 3.05) is 0 Å². The first-order chi connectivity index (χ1) is 9.31. The van der Waals surface area contributed by atoms with E-state index >= 15 is 0 Å². The van der Waals surface area contributed by atoms with Crippen molar-refractivity contribution in [1.82, 2.24) is 5.32 Å². The molecule has 1 rings (SSSR count). The van der Waals surface area contributed by atoms with Crippen LogP contribution in [-0.4, -0.2) is 23.2 Å². The van der Waals surface area contributed by atoms with Crippen molar-refractivity contribution in [3.63, 3.8) is 0 Å². The third kappa shape index (κ3) is 4.57. The van der Waals surface area contributed by atoms with E-state index in [1.165, 1.54) is 0 Å². The Morgan fingerprint density at radius 2 is 1.95 bits per heavy atom. The first-order valence-electron chi connectivity index (χ1n) is 6.53. The molecule has 0 saturated heterocycles. The van der Waals surface area contributed by atoms with Crippen LogP contribution in [0.2, 0.25) is 0 Å². The van der Waals surface area contributed by atoms with Crippen molar-refractivity contribution in [2.45, 2.75) is 40.3 Å². The summed E-state index contributed by atoms with van der Waals surface area (Å²) in [6, 6.07) is 4.94. The summed E-state index contributed by atoms with van der Waals surface area (Å²) in [6.07, 6.45) is -0.716. The van der Waals surface area contributed by atoms with Crippen LogP contribution >= 0.6 is 0 Å². The Labute approximate surface area is 118 Å². The number of hydrogen-bond acceptors (Lipinski definition) is 3. The third-order valence-electron chi connectivity index (χ3n) is 3.07. The molecule has 0 saturated carbocycles. The van der Waals surface area contributed by atoms with Crippen molar-refractivity contribution < 1.29 is 19.4 Å². The molecule has 1 amide bonds. The number of alkyl carbamates (subject to hydrolysis) is 1. The number of carboxylic acids is 1. The number of amides is 1. The van der Waals surface area contributed by atoms with Crippen LogP contribution in [-0.2, 0) is 16.1 Å². The highest BCUT2D eigenvalue weighted by Crippen LogP contribution is 2.12. The fraction of sp³-hybridized carbons (Fsp3) is 0.467. The largest absolute Gasteiger partial charge is 0.480 e. The minimum atomic E-state index is -1.07. The maximum Gasteiger partial charge on any atom is 0.408 e. The van der Waals surface area contributed by atoms with E-state index in [1.807, 2.05) is 32.0 Å². The minimum Gasteiger partial charge on any atom is -0.480 e. The Balaban J connectivity index is 2.59. The van der Waals surface area contributed by atoms with Crippen molar-refractivity contribution in [3.05, 3.63) is 34.9 Å². The molecule has 5 heteroatoms. The SMILES string of the molecule is Cc1ccc(C)c(COC(=O)N[C@H](C(=O)O)C(C)C)c1. The molecule has 0 heterocycles. The number of carbonyl (C=O) groups excluding carboxylic acids is 1. The summed E-state index contributed by atoms with van der Waals surface area (Å²) in [5, 5.41) is 11.3. The van der Waals surface area contributed by atoms with Crippen LogP contribution in [0.25, 0.3) is 0 Å². The molecule has 2 N–H and O–H groups in total. The molecule has 0 fully saturated rings. The van der Waals surface area contributed by atoms with E-state index in [-0.39, 0.29) is 12.5 Å². The molecule has 5 nitrogen and oxygen atoms in total. The quantitative estimate of drug-likeness (QED) is 0.868. The zero-order valence-corrected chi connectivity index (χ0v) is 12.3. The zero-order chi connectivity index (χ0) is 15.3. The molecule has 0 aromatic heterocycles. The van der Waals surface area contributed by atoms with E-state index in [1.54, 1.807) is 13.8 Å². The molecule has 1 aromatic rings. The molecule has 110 valence electrons. The summed E-state index contributed by atoms with van der Waals surface area (Å²) in [5.74, 6) is -1.27. The highest BCUT2D eigenvalue weighted by molar-refractivity contribution is 5.80. The number of hydrogen-bond donors (Lipinski definition) is 2. The van der Waals surface area contributed by atoms with Gasteiger partial charge in [-0.1, -0.05) is 37.6 Å². The number of rotatable bonds is 5. The van der Waals surface area contributed by atoms with Gasteiger partial charge >= 0.3 is 12.1 Å². The van der Waals surface area contributed by atoms with Crippen molar-refractivity contribution >= 4 is 12.1 Å². The molecular formula is C15H21NO4. The van der Waals surface area contributed by atoms with Gasteiger partial charge in [-0.25, -0.2) is 9.59 Å². The van der Waals surface area contributed by atoms with Crippen LogP contribution in [0.4, 0.5) is 4.79 Å². The molecule has 0 radical (unpaired) electrons. The Morgan fingerprint density at radius 1 is 1.30 bits per heavy atom. The van der Waals surface area contributed by atoms with E-state index in [9.17, 15) is 9.59 Å². The Morgan fingerprint density at radius 3 is 2.50 bits per heavy atom. The van der Waals surface area contributed by atoms with E-state index in [2.05, 4.69) is 5.32 Å².